The summed E-state index contributed by atoms with van der Waals surface area (Å²) in [6, 6.07) is 9.78. The molecule has 0 bridgehead atoms. The smallest absolute Gasteiger partial charge is 0.328 e. The highest BCUT2D eigenvalue weighted by molar-refractivity contribution is 6.38. The van der Waals surface area contributed by atoms with E-state index in [-0.39, 0.29) is 29.4 Å². The van der Waals surface area contributed by atoms with Crippen molar-refractivity contribution < 1.29 is 4.74 Å². The molecule has 0 aliphatic heterocycles. The molecule has 0 spiro atoms. The van der Waals surface area contributed by atoms with Gasteiger partial charge in [-0.15, -0.1) is 0 Å². The fourth-order valence-electron chi connectivity index (χ4n) is 2.62. The van der Waals surface area contributed by atoms with Crippen molar-refractivity contribution in [1.82, 2.24) is 9.55 Å². The fraction of sp³-hybridized carbons (Fsp3) is 0.118. The van der Waals surface area contributed by atoms with E-state index in [0.29, 0.717) is 21.9 Å². The number of nitrogens with zero attached hydrogens (tertiary/aromatic N) is 1. The average molecular weight is 393 g/mol. The predicted molar refractivity (Wildman–Crippen MR) is 102 cm³/mol. The maximum absolute atomic E-state index is 12.2. The van der Waals surface area contributed by atoms with Crippen LogP contribution in [0.15, 0.2) is 46.0 Å². The van der Waals surface area contributed by atoms with E-state index < -0.39 is 11.2 Å². The second-order valence-electron chi connectivity index (χ2n) is 5.45. The van der Waals surface area contributed by atoms with Crippen molar-refractivity contribution in [2.45, 2.75) is 6.54 Å². The quantitative estimate of drug-likeness (QED) is 0.456. The van der Waals surface area contributed by atoms with Crippen LogP contribution in [0, 0.1) is 5.41 Å². The van der Waals surface area contributed by atoms with Crippen molar-refractivity contribution in [3.63, 3.8) is 0 Å². The molecule has 26 heavy (non-hydrogen) atoms. The second kappa shape index (κ2) is 7.23. The van der Waals surface area contributed by atoms with Crippen LogP contribution >= 0.6 is 23.2 Å². The Morgan fingerprint density at radius 1 is 1.23 bits per heavy atom. The second-order valence-corrected chi connectivity index (χ2v) is 6.29. The molecule has 0 saturated carbocycles. The van der Waals surface area contributed by atoms with Crippen LogP contribution in [0.5, 0.6) is 5.75 Å². The van der Waals surface area contributed by atoms with Gasteiger partial charge in [0.05, 0.1) is 28.0 Å². The van der Waals surface area contributed by atoms with Crippen molar-refractivity contribution in [3.8, 4) is 5.75 Å². The van der Waals surface area contributed by atoms with E-state index >= 15 is 0 Å². The van der Waals surface area contributed by atoms with Gasteiger partial charge in [0.15, 0.2) is 0 Å². The minimum atomic E-state index is -0.593. The Morgan fingerprint density at radius 2 is 1.96 bits per heavy atom. The van der Waals surface area contributed by atoms with E-state index in [4.69, 9.17) is 39.1 Å². The SMILES string of the molecule is N=C(N)c1ccccc1OCCn1c(=O)[nH]c(=O)c2c(Cl)cc(Cl)cc21. The number of amidine groups is 1. The number of benzene rings is 2. The monoisotopic (exact) mass is 392 g/mol. The molecule has 4 N–H and O–H groups in total. The lowest BCUT2D eigenvalue weighted by Gasteiger charge is -2.13. The zero-order valence-corrected chi connectivity index (χ0v) is 14.9. The van der Waals surface area contributed by atoms with Gasteiger partial charge in [0.25, 0.3) is 5.56 Å². The Balaban J connectivity index is 1.94. The van der Waals surface area contributed by atoms with Crippen molar-refractivity contribution in [3.05, 3.63) is 72.8 Å². The molecule has 0 fully saturated rings. The molecule has 0 aliphatic carbocycles. The number of nitrogens with two attached hydrogens (primary N) is 1. The highest BCUT2D eigenvalue weighted by atomic mass is 35.5. The Labute approximate surface area is 157 Å². The van der Waals surface area contributed by atoms with E-state index in [2.05, 4.69) is 4.98 Å². The highest BCUT2D eigenvalue weighted by Crippen LogP contribution is 2.24. The van der Waals surface area contributed by atoms with Crippen LogP contribution in [0.1, 0.15) is 5.56 Å². The largest absolute Gasteiger partial charge is 0.491 e. The minimum absolute atomic E-state index is 0.107. The molecule has 3 aromatic rings. The first-order valence-electron chi connectivity index (χ1n) is 7.56. The molecule has 0 aliphatic rings. The average Bonchev–Trinajstić information content (AvgIpc) is 2.57. The van der Waals surface area contributed by atoms with Gasteiger partial charge in [0, 0.05) is 5.02 Å². The van der Waals surface area contributed by atoms with Crippen LogP contribution in [0.4, 0.5) is 0 Å². The number of hydrogen-bond donors (Lipinski definition) is 3. The van der Waals surface area contributed by atoms with E-state index in [9.17, 15) is 9.59 Å². The highest BCUT2D eigenvalue weighted by Gasteiger charge is 2.13. The number of aromatic nitrogens is 2. The lowest BCUT2D eigenvalue weighted by Crippen LogP contribution is -2.32. The fourth-order valence-corrected chi connectivity index (χ4v) is 3.19. The summed E-state index contributed by atoms with van der Waals surface area (Å²) in [5.74, 6) is 0.309. The number of nitrogens with one attached hydrogen (secondary N) is 2. The molecule has 1 aromatic heterocycles. The van der Waals surface area contributed by atoms with Crippen LogP contribution in [-0.4, -0.2) is 22.0 Å². The minimum Gasteiger partial charge on any atom is -0.491 e. The molecule has 134 valence electrons. The predicted octanol–water partition coefficient (Wildman–Crippen LogP) is 2.36. The molecule has 1 heterocycles. The third kappa shape index (κ3) is 3.44. The van der Waals surface area contributed by atoms with Crippen LogP contribution in [-0.2, 0) is 6.54 Å². The van der Waals surface area contributed by atoms with Gasteiger partial charge in [-0.2, -0.15) is 0 Å². The molecular formula is C17H14Cl2N4O3. The van der Waals surface area contributed by atoms with Crippen LogP contribution in [0.25, 0.3) is 10.9 Å². The van der Waals surface area contributed by atoms with Crippen molar-refractivity contribution in [2.24, 2.45) is 5.73 Å². The van der Waals surface area contributed by atoms with Crippen molar-refractivity contribution >= 4 is 39.9 Å². The van der Waals surface area contributed by atoms with E-state index in [1.54, 1.807) is 24.3 Å². The zero-order chi connectivity index (χ0) is 18.8. The number of para-hydroxylation sites is 1. The third-order valence-electron chi connectivity index (χ3n) is 3.77. The number of hydrogen-bond acceptors (Lipinski definition) is 4. The van der Waals surface area contributed by atoms with Gasteiger partial charge in [0.2, 0.25) is 0 Å². The van der Waals surface area contributed by atoms with Crippen LogP contribution in [0.2, 0.25) is 10.0 Å². The van der Waals surface area contributed by atoms with E-state index in [1.165, 1.54) is 16.7 Å². The number of rotatable bonds is 5. The van der Waals surface area contributed by atoms with Gasteiger partial charge in [-0.25, -0.2) is 4.79 Å². The summed E-state index contributed by atoms with van der Waals surface area (Å²) in [5, 5.41) is 8.21. The summed E-state index contributed by atoms with van der Waals surface area (Å²) in [6.45, 7) is 0.241. The van der Waals surface area contributed by atoms with Crippen LogP contribution < -0.4 is 21.7 Å². The normalized spacial score (nSPS) is 10.8. The zero-order valence-electron chi connectivity index (χ0n) is 13.4. The number of halogens is 2. The first-order chi connectivity index (χ1) is 12.4. The molecule has 0 atom stereocenters. The molecular weight excluding hydrogens is 379 g/mol. The Bertz CT molecular complexity index is 1120. The molecule has 0 unspecified atom stereocenters. The van der Waals surface area contributed by atoms with Gasteiger partial charge in [-0.3, -0.25) is 19.8 Å². The maximum Gasteiger partial charge on any atom is 0.328 e. The lowest BCUT2D eigenvalue weighted by molar-refractivity contribution is 0.297. The number of ether oxygens (including phenoxy) is 1. The van der Waals surface area contributed by atoms with Crippen LogP contribution in [0.3, 0.4) is 0 Å². The Morgan fingerprint density at radius 3 is 2.69 bits per heavy atom. The standard InChI is InChI=1S/C17H14Cl2N4O3/c18-9-7-11(19)14-12(8-9)23(17(25)22-16(14)24)5-6-26-13-4-2-1-3-10(13)15(20)21/h1-4,7-8H,5-6H2,(H3,20,21)(H,22,24,25). The van der Waals surface area contributed by atoms with Gasteiger partial charge in [-0.05, 0) is 24.3 Å². The van der Waals surface area contributed by atoms with Gasteiger partial charge in [0.1, 0.15) is 18.2 Å². The summed E-state index contributed by atoms with van der Waals surface area (Å²) >= 11 is 12.1. The first-order valence-corrected chi connectivity index (χ1v) is 8.32. The summed E-state index contributed by atoms with van der Waals surface area (Å²) in [6.07, 6.45) is 0. The molecule has 0 radical (unpaired) electrons. The number of aromatic amines is 1. The number of fused-ring (bicyclic) bond motifs is 1. The number of H-pyrrole nitrogens is 1. The summed E-state index contributed by atoms with van der Waals surface area (Å²) < 4.78 is 6.98. The molecule has 9 heteroatoms. The summed E-state index contributed by atoms with van der Waals surface area (Å²) in [5.41, 5.74) is 5.13. The van der Waals surface area contributed by atoms with Gasteiger partial charge >= 0.3 is 5.69 Å². The lowest BCUT2D eigenvalue weighted by atomic mass is 10.2. The topological polar surface area (TPSA) is 114 Å². The van der Waals surface area contributed by atoms with Gasteiger partial charge < -0.3 is 10.5 Å². The molecule has 7 nitrogen and oxygen atoms in total. The third-order valence-corrected chi connectivity index (χ3v) is 4.28. The number of nitrogen functional groups attached to an aromatic ring is 1. The van der Waals surface area contributed by atoms with E-state index in [0.717, 1.165) is 0 Å². The van der Waals surface area contributed by atoms with Crippen molar-refractivity contribution in [2.75, 3.05) is 6.61 Å². The molecule has 0 amide bonds. The summed E-state index contributed by atoms with van der Waals surface area (Å²) in [7, 11) is 0. The molecule has 2 aromatic carbocycles. The van der Waals surface area contributed by atoms with Gasteiger partial charge in [-0.1, -0.05) is 35.3 Å². The Kier molecular flexibility index (Phi) is 5.01. The first kappa shape index (κ1) is 18.0. The van der Waals surface area contributed by atoms with E-state index in [1.807, 2.05) is 0 Å². The Hall–Kier alpha value is -2.77. The molecule has 0 saturated heterocycles. The summed E-state index contributed by atoms with van der Waals surface area (Å²) in [4.78, 5) is 26.5. The maximum atomic E-state index is 12.2. The van der Waals surface area contributed by atoms with Crippen molar-refractivity contribution in [1.29, 1.82) is 5.41 Å². The molecule has 3 rings (SSSR count).